The van der Waals surface area contributed by atoms with E-state index in [-0.39, 0.29) is 0 Å². The molecule has 0 heteroatoms. The van der Waals surface area contributed by atoms with Crippen LogP contribution in [0.2, 0.25) is 0 Å². The lowest BCUT2D eigenvalue weighted by molar-refractivity contribution is 0.310. The molecule has 0 aliphatic heterocycles. The van der Waals surface area contributed by atoms with E-state index in [1.54, 1.807) is 12.2 Å². The molecule has 0 nitrogen and oxygen atoms in total. The van der Waals surface area contributed by atoms with Crippen molar-refractivity contribution in [1.29, 1.82) is 0 Å². The van der Waals surface area contributed by atoms with Crippen LogP contribution in [-0.2, 0) is 0 Å². The maximum Gasteiger partial charge on any atom is 0.0344 e. The van der Waals surface area contributed by atoms with Crippen molar-refractivity contribution in [3.63, 3.8) is 0 Å². The zero-order valence-electron chi connectivity index (χ0n) is 7.14. The van der Waals surface area contributed by atoms with Gasteiger partial charge in [-0.05, 0) is 25.0 Å². The number of hydrogen-bond acceptors (Lipinski definition) is 0. The number of allylic oxidation sites excluding steroid dienone is 2. The normalized spacial score (nSPS) is 25.0. The zero-order valence-corrected chi connectivity index (χ0v) is 7.14. The van der Waals surface area contributed by atoms with Gasteiger partial charge < -0.3 is 0 Å². The van der Waals surface area contributed by atoms with Crippen LogP contribution in [0.5, 0.6) is 0 Å². The van der Waals surface area contributed by atoms with Crippen LogP contribution in [0.15, 0.2) is 25.3 Å². The molecule has 1 rings (SSSR count). The van der Waals surface area contributed by atoms with Gasteiger partial charge in [-0.25, -0.2) is 0 Å². The Kier molecular flexibility index (Phi) is 3.24. The second kappa shape index (κ2) is 4.47. The Bertz CT molecular complexity index is 255. The number of hydrogen-bond donors (Lipinski definition) is 0. The third-order valence-electron chi connectivity index (χ3n) is 2.02. The minimum absolute atomic E-state index is 0.468. The van der Waals surface area contributed by atoms with E-state index < -0.39 is 0 Å². The summed E-state index contributed by atoms with van der Waals surface area (Å²) in [6.07, 6.45) is 5.63. The zero-order chi connectivity index (χ0) is 8.81. The van der Waals surface area contributed by atoms with Crippen molar-refractivity contribution in [2.75, 3.05) is 0 Å². The average Bonchev–Trinajstić information content (AvgIpc) is 2.04. The Morgan fingerprint density at radius 1 is 0.917 bits per heavy atom. The second-order valence-electron chi connectivity index (χ2n) is 2.78. The summed E-state index contributed by atoms with van der Waals surface area (Å²) < 4.78 is 0. The Morgan fingerprint density at radius 3 is 1.58 bits per heavy atom. The molecule has 0 heterocycles. The molecule has 0 aromatic rings. The standard InChI is InChI=1S/C12H12/c1-3-5-7-11-9-10-12(11)8-6-4-2/h3-4,11-12H,1-2,9-10H2. The highest BCUT2D eigenvalue weighted by Gasteiger charge is 2.27. The maximum absolute atomic E-state index is 3.55. The average molecular weight is 156 g/mol. The van der Waals surface area contributed by atoms with E-state index in [4.69, 9.17) is 0 Å². The molecule has 1 aliphatic rings. The van der Waals surface area contributed by atoms with Crippen LogP contribution >= 0.6 is 0 Å². The molecule has 0 amide bonds. The molecule has 2 atom stereocenters. The molecule has 0 radical (unpaired) electrons. The van der Waals surface area contributed by atoms with Gasteiger partial charge in [-0.15, -0.1) is 0 Å². The fraction of sp³-hybridized carbons (Fsp3) is 0.333. The van der Waals surface area contributed by atoms with Gasteiger partial charge in [-0.1, -0.05) is 36.8 Å². The second-order valence-corrected chi connectivity index (χ2v) is 2.78. The van der Waals surface area contributed by atoms with Gasteiger partial charge in [0.25, 0.3) is 0 Å². The van der Waals surface area contributed by atoms with E-state index in [9.17, 15) is 0 Å². The van der Waals surface area contributed by atoms with E-state index in [1.165, 1.54) is 12.8 Å². The fourth-order valence-electron chi connectivity index (χ4n) is 1.18. The van der Waals surface area contributed by atoms with Crippen molar-refractivity contribution < 1.29 is 0 Å². The van der Waals surface area contributed by atoms with Gasteiger partial charge in [-0.2, -0.15) is 0 Å². The molecule has 1 fully saturated rings. The highest BCUT2D eigenvalue weighted by Crippen LogP contribution is 2.32. The molecular formula is C12H12. The van der Waals surface area contributed by atoms with Gasteiger partial charge >= 0.3 is 0 Å². The Balaban J connectivity index is 2.48. The van der Waals surface area contributed by atoms with E-state index in [2.05, 4.69) is 36.8 Å². The van der Waals surface area contributed by atoms with Crippen LogP contribution in [0.1, 0.15) is 12.8 Å². The van der Waals surface area contributed by atoms with Crippen molar-refractivity contribution in [1.82, 2.24) is 0 Å². The molecule has 1 aliphatic carbocycles. The molecule has 0 spiro atoms. The van der Waals surface area contributed by atoms with Crippen LogP contribution in [0.25, 0.3) is 0 Å². The van der Waals surface area contributed by atoms with Gasteiger partial charge in [0.2, 0.25) is 0 Å². The first kappa shape index (κ1) is 8.69. The summed E-state index contributed by atoms with van der Waals surface area (Å²) in [5, 5.41) is 0. The first-order chi connectivity index (χ1) is 5.88. The summed E-state index contributed by atoms with van der Waals surface area (Å²) in [5.74, 6) is 12.9. The Labute approximate surface area is 74.4 Å². The lowest BCUT2D eigenvalue weighted by atomic mass is 9.74. The summed E-state index contributed by atoms with van der Waals surface area (Å²) in [5.41, 5.74) is 0. The summed E-state index contributed by atoms with van der Waals surface area (Å²) in [6, 6.07) is 0. The Morgan fingerprint density at radius 2 is 1.33 bits per heavy atom. The third kappa shape index (κ3) is 2.04. The topological polar surface area (TPSA) is 0 Å². The van der Waals surface area contributed by atoms with Crippen molar-refractivity contribution in [3.8, 4) is 23.7 Å². The van der Waals surface area contributed by atoms with Crippen molar-refractivity contribution in [3.05, 3.63) is 25.3 Å². The van der Waals surface area contributed by atoms with E-state index in [0.717, 1.165) is 0 Å². The van der Waals surface area contributed by atoms with Crippen LogP contribution < -0.4 is 0 Å². The summed E-state index contributed by atoms with van der Waals surface area (Å²) in [4.78, 5) is 0. The minimum Gasteiger partial charge on any atom is -0.0938 e. The maximum atomic E-state index is 3.55. The predicted molar refractivity (Wildman–Crippen MR) is 52.2 cm³/mol. The minimum atomic E-state index is 0.468. The largest absolute Gasteiger partial charge is 0.0938 e. The molecule has 60 valence electrons. The quantitative estimate of drug-likeness (QED) is 0.472. The van der Waals surface area contributed by atoms with E-state index in [0.29, 0.717) is 11.8 Å². The Hall–Kier alpha value is -1.40. The molecule has 1 saturated carbocycles. The smallest absolute Gasteiger partial charge is 0.0344 e. The van der Waals surface area contributed by atoms with Crippen molar-refractivity contribution in [2.45, 2.75) is 12.8 Å². The van der Waals surface area contributed by atoms with Crippen molar-refractivity contribution in [2.24, 2.45) is 11.8 Å². The summed E-state index contributed by atoms with van der Waals surface area (Å²) in [7, 11) is 0. The van der Waals surface area contributed by atoms with E-state index in [1.807, 2.05) is 0 Å². The molecule has 0 N–H and O–H groups in total. The lowest BCUT2D eigenvalue weighted by Crippen LogP contribution is -2.22. The molecule has 0 aromatic carbocycles. The molecule has 12 heavy (non-hydrogen) atoms. The predicted octanol–water partition coefficient (Wildman–Crippen LogP) is 2.39. The molecular weight excluding hydrogens is 144 g/mol. The highest BCUT2D eigenvalue weighted by atomic mass is 14.3. The highest BCUT2D eigenvalue weighted by molar-refractivity contribution is 5.24. The number of rotatable bonds is 0. The fourth-order valence-corrected chi connectivity index (χ4v) is 1.18. The van der Waals surface area contributed by atoms with E-state index >= 15 is 0 Å². The molecule has 0 bridgehead atoms. The molecule has 2 unspecified atom stereocenters. The van der Waals surface area contributed by atoms with Gasteiger partial charge in [0.1, 0.15) is 0 Å². The lowest BCUT2D eigenvalue weighted by Gasteiger charge is -2.27. The van der Waals surface area contributed by atoms with Crippen LogP contribution in [0.4, 0.5) is 0 Å². The monoisotopic (exact) mass is 156 g/mol. The van der Waals surface area contributed by atoms with Gasteiger partial charge in [0, 0.05) is 11.8 Å². The van der Waals surface area contributed by atoms with Crippen LogP contribution in [0, 0.1) is 35.5 Å². The van der Waals surface area contributed by atoms with Crippen molar-refractivity contribution >= 4 is 0 Å². The summed E-state index contributed by atoms with van der Waals surface area (Å²) >= 11 is 0. The molecule has 0 saturated heterocycles. The first-order valence-corrected chi connectivity index (χ1v) is 4.12. The SMILES string of the molecule is C=CC#CC1CCC1C#CC=C. The first-order valence-electron chi connectivity index (χ1n) is 4.12. The van der Waals surface area contributed by atoms with Gasteiger partial charge in [0.15, 0.2) is 0 Å². The van der Waals surface area contributed by atoms with Gasteiger partial charge in [0.05, 0.1) is 0 Å². The summed E-state index contributed by atoms with van der Waals surface area (Å²) in [6.45, 7) is 7.10. The third-order valence-corrected chi connectivity index (χ3v) is 2.02. The van der Waals surface area contributed by atoms with Crippen LogP contribution in [0.3, 0.4) is 0 Å². The molecule has 0 aromatic heterocycles. The van der Waals surface area contributed by atoms with Crippen LogP contribution in [-0.4, -0.2) is 0 Å². The van der Waals surface area contributed by atoms with Gasteiger partial charge in [-0.3, -0.25) is 0 Å².